The van der Waals surface area contributed by atoms with Crippen LogP contribution in [0, 0.1) is 6.92 Å². The number of amides is 1. The number of piperazine rings is 1. The smallest absolute Gasteiger partial charge is 0.550 e. The Morgan fingerprint density at radius 2 is 1.82 bits per heavy atom. The van der Waals surface area contributed by atoms with Crippen molar-refractivity contribution >= 4 is 34.2 Å². The molecule has 0 aliphatic carbocycles. The third-order valence-electron chi connectivity index (χ3n) is 8.08. The van der Waals surface area contributed by atoms with E-state index >= 15 is 0 Å². The Bertz CT molecular complexity index is 1480. The number of likely N-dealkylation sites (tertiary alicyclic amines) is 1. The van der Waals surface area contributed by atoms with Gasteiger partial charge in [-0.25, -0.2) is 15.0 Å². The quantitative estimate of drug-likeness (QED) is 0.335. The zero-order chi connectivity index (χ0) is 31.4. The number of carboxylic acid groups (broad SMARTS) is 1. The van der Waals surface area contributed by atoms with E-state index in [0.717, 1.165) is 42.8 Å². The number of carbonyl (C=O) groups excluding carboxylic acids is 2. The van der Waals surface area contributed by atoms with Crippen LogP contribution < -0.4 is 44.9 Å². The molecule has 1 aromatic carbocycles. The van der Waals surface area contributed by atoms with Crippen LogP contribution in [0.2, 0.25) is 0 Å². The predicted molar refractivity (Wildman–Crippen MR) is 159 cm³/mol. The summed E-state index contributed by atoms with van der Waals surface area (Å²) in [5.74, 6) is -0.982. The second kappa shape index (κ2) is 15.3. The standard InChI is InChI=1S/C30H36F3N7O3S.Na/c1-19-13-21(15-22(14-19)30(31,32)33)27-24(18-40-7-4-3-5-20(40)2)44-29(36-27)37-28(43)23-16-35-25(17-34-23)39-11-9-38(10-12-39)8-6-26(41)42;/h13-17,20H,3-12,18H2,1-2H3,(H,41,42)(H,36,37,43);/q;+1/p-1/t20-;/m1./s1. The van der Waals surface area contributed by atoms with E-state index in [1.165, 1.54) is 23.7 Å². The molecule has 4 heterocycles. The van der Waals surface area contributed by atoms with Crippen molar-refractivity contribution < 1.29 is 57.4 Å². The molecule has 5 rings (SSSR count). The number of aromatic nitrogens is 3. The Hall–Kier alpha value is -2.62. The zero-order valence-corrected chi connectivity index (χ0v) is 28.5. The van der Waals surface area contributed by atoms with Crippen molar-refractivity contribution in [1.29, 1.82) is 0 Å². The first-order chi connectivity index (χ1) is 21.0. The number of nitrogens with zero attached hydrogens (tertiary/aromatic N) is 6. The molecule has 15 heteroatoms. The molecule has 0 bridgehead atoms. The molecule has 2 aliphatic heterocycles. The molecule has 10 nitrogen and oxygen atoms in total. The molecule has 236 valence electrons. The third kappa shape index (κ3) is 9.23. The summed E-state index contributed by atoms with van der Waals surface area (Å²) >= 11 is 1.26. The molecule has 2 saturated heterocycles. The van der Waals surface area contributed by atoms with Crippen LogP contribution in [0.3, 0.4) is 0 Å². The molecule has 0 spiro atoms. The molecule has 3 aromatic rings. The van der Waals surface area contributed by atoms with E-state index in [1.807, 2.05) is 9.80 Å². The molecule has 2 aromatic heterocycles. The minimum Gasteiger partial charge on any atom is -0.550 e. The molecule has 0 saturated carbocycles. The second-order valence-electron chi connectivity index (χ2n) is 11.4. The van der Waals surface area contributed by atoms with Crippen LogP contribution in [0.15, 0.2) is 30.6 Å². The molecule has 2 aliphatic rings. The minimum absolute atomic E-state index is 0. The van der Waals surface area contributed by atoms with Crippen LogP contribution in [0.5, 0.6) is 0 Å². The monoisotopic (exact) mass is 653 g/mol. The fourth-order valence-electron chi connectivity index (χ4n) is 5.61. The summed E-state index contributed by atoms with van der Waals surface area (Å²) in [6.45, 7) is 8.25. The maximum atomic E-state index is 13.7. The van der Waals surface area contributed by atoms with E-state index < -0.39 is 23.6 Å². The van der Waals surface area contributed by atoms with Gasteiger partial charge in [0.15, 0.2) is 5.13 Å². The number of piperidine rings is 1. The fourth-order valence-corrected chi connectivity index (χ4v) is 6.62. The van der Waals surface area contributed by atoms with Gasteiger partial charge in [0.05, 0.1) is 23.7 Å². The molecule has 1 atom stereocenters. The van der Waals surface area contributed by atoms with E-state index in [1.54, 1.807) is 13.0 Å². The van der Waals surface area contributed by atoms with Gasteiger partial charge in [0.1, 0.15) is 11.5 Å². The van der Waals surface area contributed by atoms with E-state index in [0.29, 0.717) is 67.9 Å². The van der Waals surface area contributed by atoms with Crippen LogP contribution in [-0.2, 0) is 17.5 Å². The number of aliphatic carboxylic acids is 1. The van der Waals surface area contributed by atoms with Crippen molar-refractivity contribution in [2.45, 2.75) is 58.3 Å². The maximum absolute atomic E-state index is 13.7. The minimum atomic E-state index is -4.49. The maximum Gasteiger partial charge on any atom is 1.00 e. The van der Waals surface area contributed by atoms with Gasteiger partial charge < -0.3 is 14.8 Å². The molecule has 1 N–H and O–H groups in total. The van der Waals surface area contributed by atoms with Crippen LogP contribution in [0.4, 0.5) is 24.1 Å². The van der Waals surface area contributed by atoms with Crippen LogP contribution in [0.1, 0.15) is 59.1 Å². The average molecular weight is 654 g/mol. The summed E-state index contributed by atoms with van der Waals surface area (Å²) in [7, 11) is 0. The molecule has 45 heavy (non-hydrogen) atoms. The largest absolute Gasteiger partial charge is 1.00 e. The Kier molecular flexibility index (Phi) is 12.0. The Balaban J connectivity index is 0.00000461. The SMILES string of the molecule is Cc1cc(-c2nc(NC(=O)c3cnc(N4CCN(CCC(=O)[O-])CC4)cn3)sc2CN2CCCC[C@H]2C)cc(C(F)(F)F)c1.[Na+]. The summed E-state index contributed by atoms with van der Waals surface area (Å²) in [4.78, 5) is 44.3. The van der Waals surface area contributed by atoms with Crippen molar-refractivity contribution in [2.75, 3.05) is 49.5 Å². The van der Waals surface area contributed by atoms with Crippen molar-refractivity contribution in [3.8, 4) is 11.3 Å². The summed E-state index contributed by atoms with van der Waals surface area (Å²) in [5.41, 5.74) is 0.604. The van der Waals surface area contributed by atoms with Crippen molar-refractivity contribution in [3.63, 3.8) is 0 Å². The van der Waals surface area contributed by atoms with Crippen LogP contribution >= 0.6 is 11.3 Å². The van der Waals surface area contributed by atoms with Crippen LogP contribution in [0.25, 0.3) is 11.3 Å². The first-order valence-corrected chi connectivity index (χ1v) is 15.5. The van der Waals surface area contributed by atoms with Gasteiger partial charge in [0, 0.05) is 61.7 Å². The molecule has 0 unspecified atom stereocenters. The molecular weight excluding hydrogens is 618 g/mol. The number of benzene rings is 1. The normalized spacial score (nSPS) is 18.0. The van der Waals surface area contributed by atoms with Gasteiger partial charge in [-0.3, -0.25) is 19.9 Å². The number of carboxylic acids is 1. The topological polar surface area (TPSA) is 118 Å². The van der Waals surface area contributed by atoms with Gasteiger partial charge in [-0.2, -0.15) is 13.2 Å². The second-order valence-corrected chi connectivity index (χ2v) is 12.4. The van der Waals surface area contributed by atoms with Crippen molar-refractivity contribution in [3.05, 3.63) is 52.3 Å². The first kappa shape index (κ1) is 35.2. The van der Waals surface area contributed by atoms with Gasteiger partial charge in [-0.15, -0.1) is 0 Å². The Morgan fingerprint density at radius 1 is 1.07 bits per heavy atom. The van der Waals surface area contributed by atoms with Crippen LogP contribution in [-0.4, -0.2) is 81.9 Å². The number of hydrogen-bond donors (Lipinski definition) is 1. The number of nitrogens with one attached hydrogen (secondary N) is 1. The predicted octanol–water partition coefficient (Wildman–Crippen LogP) is 0.820. The van der Waals surface area contributed by atoms with E-state index in [2.05, 4.69) is 32.1 Å². The van der Waals surface area contributed by atoms with Gasteiger partial charge >= 0.3 is 35.7 Å². The number of thiazole rings is 1. The summed E-state index contributed by atoms with van der Waals surface area (Å²) < 4.78 is 41.0. The number of hydrogen-bond acceptors (Lipinski definition) is 10. The van der Waals surface area contributed by atoms with Crippen molar-refractivity contribution in [1.82, 2.24) is 24.8 Å². The molecule has 2 fully saturated rings. The van der Waals surface area contributed by atoms with Gasteiger partial charge in [0.2, 0.25) is 0 Å². The number of carbonyl (C=O) groups is 2. The van der Waals surface area contributed by atoms with E-state index in [-0.39, 0.29) is 46.8 Å². The number of halogens is 3. The summed E-state index contributed by atoms with van der Waals surface area (Å²) in [6, 6.07) is 4.25. The Morgan fingerprint density at radius 3 is 2.47 bits per heavy atom. The first-order valence-electron chi connectivity index (χ1n) is 14.7. The average Bonchev–Trinajstić information content (AvgIpc) is 3.38. The molecule has 1 amide bonds. The molecule has 0 radical (unpaired) electrons. The third-order valence-corrected chi connectivity index (χ3v) is 9.04. The van der Waals surface area contributed by atoms with E-state index in [4.69, 9.17) is 0 Å². The number of aryl methyl sites for hydroxylation is 1. The summed E-state index contributed by atoms with van der Waals surface area (Å²) in [5, 5.41) is 13.8. The Labute approximate surface area is 286 Å². The van der Waals surface area contributed by atoms with Gasteiger partial charge in [-0.05, 0) is 63.4 Å². The number of alkyl halides is 3. The molecular formula is C30H35F3N7NaO3S. The van der Waals surface area contributed by atoms with Gasteiger partial charge in [-0.1, -0.05) is 17.8 Å². The van der Waals surface area contributed by atoms with Crippen molar-refractivity contribution in [2.24, 2.45) is 0 Å². The number of rotatable bonds is 9. The fraction of sp³-hybridized carbons (Fsp3) is 0.500. The summed E-state index contributed by atoms with van der Waals surface area (Å²) in [6.07, 6.45) is 1.64. The zero-order valence-electron chi connectivity index (χ0n) is 25.7. The number of anilines is 2. The van der Waals surface area contributed by atoms with Gasteiger partial charge in [0.25, 0.3) is 5.91 Å². The van der Waals surface area contributed by atoms with E-state index in [9.17, 15) is 27.9 Å².